The van der Waals surface area contributed by atoms with Crippen molar-refractivity contribution in [2.75, 3.05) is 26.2 Å². The summed E-state index contributed by atoms with van der Waals surface area (Å²) in [5.41, 5.74) is 0.870. The molecule has 0 spiro atoms. The van der Waals surface area contributed by atoms with E-state index in [1.54, 1.807) is 11.3 Å². The summed E-state index contributed by atoms with van der Waals surface area (Å²) in [7, 11) is 0. The van der Waals surface area contributed by atoms with Crippen molar-refractivity contribution in [3.63, 3.8) is 0 Å². The van der Waals surface area contributed by atoms with Crippen molar-refractivity contribution >= 4 is 33.4 Å². The van der Waals surface area contributed by atoms with Gasteiger partial charge in [-0.15, -0.1) is 11.3 Å². The minimum absolute atomic E-state index is 0.0114. The summed E-state index contributed by atoms with van der Waals surface area (Å²) >= 11 is 1.65. The maximum atomic E-state index is 13.7. The first-order chi connectivity index (χ1) is 14.9. The number of carbonyl (C=O) groups excluding carboxylic acids is 2. The van der Waals surface area contributed by atoms with Crippen molar-refractivity contribution in [2.45, 2.75) is 71.5 Å². The molecule has 1 saturated carbocycles. The third-order valence-electron chi connectivity index (χ3n) is 7.42. The van der Waals surface area contributed by atoms with Gasteiger partial charge in [-0.1, -0.05) is 20.8 Å². The quantitative estimate of drug-likeness (QED) is 0.703. The lowest BCUT2D eigenvalue weighted by atomic mass is 9.86. The summed E-state index contributed by atoms with van der Waals surface area (Å²) in [5, 5.41) is 5.37. The molecular weight excluding hydrogens is 408 g/mol. The highest BCUT2D eigenvalue weighted by Crippen LogP contribution is 2.34. The molecule has 7 heteroatoms. The van der Waals surface area contributed by atoms with E-state index in [2.05, 4.69) is 47.0 Å². The van der Waals surface area contributed by atoms with Crippen LogP contribution < -0.4 is 5.32 Å². The number of likely N-dealkylation sites (N-methyl/N-ethyl adjacent to an activating group) is 1. The van der Waals surface area contributed by atoms with Crippen LogP contribution in [0, 0.1) is 5.92 Å². The lowest BCUT2D eigenvalue weighted by Crippen LogP contribution is -2.65. The number of amides is 2. The molecule has 3 heterocycles. The van der Waals surface area contributed by atoms with E-state index in [1.807, 2.05) is 17.9 Å². The first-order valence-electron chi connectivity index (χ1n) is 11.8. The molecule has 1 aliphatic carbocycles. The first kappa shape index (κ1) is 22.3. The Morgan fingerprint density at radius 3 is 2.65 bits per heavy atom. The predicted octanol–water partition coefficient (Wildman–Crippen LogP) is 3.95. The van der Waals surface area contributed by atoms with Crippen molar-refractivity contribution in [1.82, 2.24) is 19.7 Å². The highest BCUT2D eigenvalue weighted by atomic mass is 32.1. The Morgan fingerprint density at radius 1 is 1.26 bits per heavy atom. The van der Waals surface area contributed by atoms with E-state index in [-0.39, 0.29) is 17.9 Å². The average Bonchev–Trinajstić information content (AvgIpc) is 3.35. The van der Waals surface area contributed by atoms with Gasteiger partial charge in [0.25, 0.3) is 5.91 Å². The normalized spacial score (nSPS) is 26.5. The van der Waals surface area contributed by atoms with Crippen LogP contribution in [0.5, 0.6) is 0 Å². The summed E-state index contributed by atoms with van der Waals surface area (Å²) in [6, 6.07) is 4.27. The third kappa shape index (κ3) is 4.14. The molecule has 31 heavy (non-hydrogen) atoms. The third-order valence-corrected chi connectivity index (χ3v) is 8.28. The maximum Gasteiger partial charge on any atom is 0.271 e. The summed E-state index contributed by atoms with van der Waals surface area (Å²) in [6.07, 6.45) is 4.37. The number of hydrogen-bond donors (Lipinski definition) is 1. The molecule has 1 atom stereocenters. The molecule has 0 aromatic carbocycles. The topological polar surface area (TPSA) is 57.6 Å². The largest absolute Gasteiger partial charge is 0.351 e. The van der Waals surface area contributed by atoms with Crippen LogP contribution in [0.25, 0.3) is 10.2 Å². The van der Waals surface area contributed by atoms with E-state index in [1.165, 1.54) is 0 Å². The van der Waals surface area contributed by atoms with E-state index in [0.717, 1.165) is 61.5 Å². The maximum absolute atomic E-state index is 13.7. The Labute approximate surface area is 189 Å². The van der Waals surface area contributed by atoms with Crippen LogP contribution in [0.3, 0.4) is 0 Å². The van der Waals surface area contributed by atoms with Crippen molar-refractivity contribution in [1.29, 1.82) is 0 Å². The number of nitrogens with zero attached hydrogens (tertiary/aromatic N) is 3. The highest BCUT2D eigenvalue weighted by Gasteiger charge is 2.48. The molecule has 0 saturated heterocycles. The number of thiophene rings is 1. The van der Waals surface area contributed by atoms with Gasteiger partial charge in [-0.2, -0.15) is 0 Å². The van der Waals surface area contributed by atoms with Crippen molar-refractivity contribution in [3.8, 4) is 0 Å². The minimum Gasteiger partial charge on any atom is -0.351 e. The Hall–Kier alpha value is -1.86. The second-order valence-corrected chi connectivity index (χ2v) is 10.4. The Balaban J connectivity index is 1.63. The van der Waals surface area contributed by atoms with Crippen LogP contribution in [0.1, 0.15) is 63.9 Å². The lowest BCUT2D eigenvalue weighted by Gasteiger charge is -2.45. The van der Waals surface area contributed by atoms with Crippen LogP contribution in [-0.4, -0.2) is 63.9 Å². The molecule has 2 aromatic rings. The molecule has 0 radical (unpaired) electrons. The second kappa shape index (κ2) is 8.94. The van der Waals surface area contributed by atoms with Crippen molar-refractivity contribution < 1.29 is 9.59 Å². The van der Waals surface area contributed by atoms with E-state index >= 15 is 0 Å². The van der Waals surface area contributed by atoms with Gasteiger partial charge in [-0.3, -0.25) is 9.59 Å². The zero-order valence-corrected chi connectivity index (χ0v) is 20.1. The van der Waals surface area contributed by atoms with Gasteiger partial charge in [-0.05, 0) is 69.1 Å². The highest BCUT2D eigenvalue weighted by molar-refractivity contribution is 7.17. The number of carbonyl (C=O) groups is 2. The lowest BCUT2D eigenvalue weighted by molar-refractivity contribution is -0.134. The molecule has 1 aliphatic heterocycles. The van der Waals surface area contributed by atoms with Gasteiger partial charge in [0.15, 0.2) is 0 Å². The fourth-order valence-electron chi connectivity index (χ4n) is 5.15. The van der Waals surface area contributed by atoms with E-state index in [4.69, 9.17) is 0 Å². The standard InChI is InChI=1S/C24H36N4O2S/c1-5-26(6-2)12-13-28-22(29)20-15-21-19(11-14-31-21)27(20)16-24(28,4)23(30)25-18-9-7-17(3)8-10-18/h11,14-15,17-18H,5-10,12-13,16H2,1-4H3,(H,25,30). The minimum atomic E-state index is -0.895. The first-order valence-corrected chi connectivity index (χ1v) is 12.7. The van der Waals surface area contributed by atoms with Gasteiger partial charge in [0.1, 0.15) is 11.2 Å². The molecule has 1 fully saturated rings. The molecule has 0 bridgehead atoms. The van der Waals surface area contributed by atoms with Gasteiger partial charge in [0.2, 0.25) is 5.91 Å². The fraction of sp³-hybridized carbons (Fsp3) is 0.667. The Bertz CT molecular complexity index is 939. The Morgan fingerprint density at radius 2 is 1.97 bits per heavy atom. The molecule has 2 aromatic heterocycles. The van der Waals surface area contributed by atoms with Crippen LogP contribution in [0.15, 0.2) is 17.5 Å². The summed E-state index contributed by atoms with van der Waals surface area (Å²) in [4.78, 5) is 31.5. The number of fused-ring (bicyclic) bond motifs is 3. The fourth-order valence-corrected chi connectivity index (χ4v) is 5.97. The monoisotopic (exact) mass is 444 g/mol. The Kier molecular flexibility index (Phi) is 6.44. The van der Waals surface area contributed by atoms with E-state index < -0.39 is 5.54 Å². The molecule has 6 nitrogen and oxygen atoms in total. The molecule has 1 N–H and O–H groups in total. The van der Waals surface area contributed by atoms with Crippen LogP contribution in [-0.2, 0) is 11.3 Å². The smallest absolute Gasteiger partial charge is 0.271 e. The number of rotatable bonds is 7. The van der Waals surface area contributed by atoms with E-state index in [0.29, 0.717) is 18.8 Å². The number of hydrogen-bond acceptors (Lipinski definition) is 4. The summed E-state index contributed by atoms with van der Waals surface area (Å²) in [5.74, 6) is 0.694. The van der Waals surface area contributed by atoms with Crippen molar-refractivity contribution in [2.24, 2.45) is 5.92 Å². The summed E-state index contributed by atoms with van der Waals surface area (Å²) in [6.45, 7) is 12.2. The average molecular weight is 445 g/mol. The van der Waals surface area contributed by atoms with Crippen LogP contribution in [0.4, 0.5) is 0 Å². The summed E-state index contributed by atoms with van der Waals surface area (Å²) < 4.78 is 3.17. The van der Waals surface area contributed by atoms with Crippen molar-refractivity contribution in [3.05, 3.63) is 23.2 Å². The van der Waals surface area contributed by atoms with Crippen LogP contribution >= 0.6 is 11.3 Å². The zero-order valence-electron chi connectivity index (χ0n) is 19.3. The zero-order chi connectivity index (χ0) is 22.2. The molecular formula is C24H36N4O2S. The van der Waals surface area contributed by atoms with Gasteiger partial charge >= 0.3 is 0 Å². The predicted molar refractivity (Wildman–Crippen MR) is 127 cm³/mol. The molecule has 170 valence electrons. The SMILES string of the molecule is CCN(CC)CCN1C(=O)c2cc3sccc3n2CC1(C)C(=O)NC1CCC(C)CC1. The number of aromatic nitrogens is 1. The van der Waals surface area contributed by atoms with Gasteiger partial charge in [-0.25, -0.2) is 0 Å². The van der Waals surface area contributed by atoms with Gasteiger partial charge in [0, 0.05) is 19.1 Å². The molecule has 1 unspecified atom stereocenters. The second-order valence-electron chi connectivity index (χ2n) is 9.47. The van der Waals surface area contributed by atoms with Gasteiger partial charge in [0.05, 0.1) is 16.8 Å². The molecule has 2 amide bonds. The van der Waals surface area contributed by atoms with E-state index in [9.17, 15) is 9.59 Å². The van der Waals surface area contributed by atoms with Crippen LogP contribution in [0.2, 0.25) is 0 Å². The van der Waals surface area contributed by atoms with Gasteiger partial charge < -0.3 is 19.7 Å². The molecule has 4 rings (SSSR count). The number of nitrogens with one attached hydrogen (secondary N) is 1. The molecule has 2 aliphatic rings.